The minimum absolute atomic E-state index is 0.0733. The first-order valence-electron chi connectivity index (χ1n) is 16.6. The molecule has 2 heterocycles. The predicted octanol–water partition coefficient (Wildman–Crippen LogP) is 6.01. The molecule has 14 heteroatoms. The molecule has 0 amide bonds. The van der Waals surface area contributed by atoms with E-state index in [2.05, 4.69) is 9.44 Å². The van der Waals surface area contributed by atoms with E-state index in [-0.39, 0.29) is 70.0 Å². The van der Waals surface area contributed by atoms with Gasteiger partial charge in [0.2, 0.25) is 42.4 Å². The molecule has 2 N–H and O–H groups in total. The van der Waals surface area contributed by atoms with Gasteiger partial charge in [-0.15, -0.1) is 0 Å². The van der Waals surface area contributed by atoms with Crippen molar-refractivity contribution in [2.75, 3.05) is 0 Å². The molecule has 2 aromatic heterocycles. The van der Waals surface area contributed by atoms with E-state index in [9.17, 15) is 26.4 Å². The zero-order valence-corrected chi connectivity index (χ0v) is 31.1. The van der Waals surface area contributed by atoms with Crippen LogP contribution in [0.1, 0.15) is 33.8 Å². The Morgan fingerprint density at radius 3 is 1.26 bits per heavy atom. The molecule has 6 aromatic rings. The van der Waals surface area contributed by atoms with Crippen molar-refractivity contribution in [3.05, 3.63) is 188 Å². The maximum Gasteiger partial charge on any atom is 0.240 e. The molecule has 12 nitrogen and oxygen atoms in total. The average molecular weight is 771 g/mol. The van der Waals surface area contributed by atoms with Crippen LogP contribution in [0.3, 0.4) is 0 Å². The summed E-state index contributed by atoms with van der Waals surface area (Å²) in [4.78, 5) is 24.6. The van der Waals surface area contributed by atoms with Gasteiger partial charge in [-0.3, -0.25) is 9.59 Å². The third kappa shape index (κ3) is 11.6. The highest BCUT2D eigenvalue weighted by Crippen LogP contribution is 2.15. The standard InChI is InChI=1S/2C20H19NO5S/c2*1-15-6-5-9-18(10-15)27(23,24)21-12-17-11-19(22)20(14-25-17)26-13-16-7-3-2-4-8-16/h2*2-11,14,21H,12-13H2,1H3. The van der Waals surface area contributed by atoms with Crippen molar-refractivity contribution < 1.29 is 35.1 Å². The summed E-state index contributed by atoms with van der Waals surface area (Å²) >= 11 is 0. The number of benzene rings is 4. The fourth-order valence-electron chi connectivity index (χ4n) is 4.81. The Bertz CT molecular complexity index is 2330. The monoisotopic (exact) mass is 770 g/mol. The number of aryl methyl sites for hydroxylation is 2. The molecule has 0 unspecified atom stereocenters. The molecule has 4 aromatic carbocycles. The van der Waals surface area contributed by atoms with Crippen LogP contribution in [0.5, 0.6) is 11.5 Å². The first-order chi connectivity index (χ1) is 25.9. The van der Waals surface area contributed by atoms with Crippen molar-refractivity contribution in [1.29, 1.82) is 0 Å². The van der Waals surface area contributed by atoms with E-state index in [1.807, 2.05) is 86.6 Å². The predicted molar refractivity (Wildman–Crippen MR) is 202 cm³/mol. The van der Waals surface area contributed by atoms with Crippen LogP contribution in [-0.4, -0.2) is 16.8 Å². The van der Waals surface area contributed by atoms with Crippen molar-refractivity contribution in [3.8, 4) is 11.5 Å². The molecule has 0 saturated heterocycles. The first-order valence-corrected chi connectivity index (χ1v) is 19.5. The van der Waals surface area contributed by atoms with E-state index in [4.69, 9.17) is 18.3 Å². The van der Waals surface area contributed by atoms with Crippen LogP contribution in [0.2, 0.25) is 0 Å². The third-order valence-corrected chi connectivity index (χ3v) is 10.4. The van der Waals surface area contributed by atoms with Gasteiger partial charge in [0.15, 0.2) is 0 Å². The fourth-order valence-corrected chi connectivity index (χ4v) is 7.00. The quantitative estimate of drug-likeness (QED) is 0.134. The van der Waals surface area contributed by atoms with E-state index < -0.39 is 20.0 Å². The van der Waals surface area contributed by atoms with Crippen LogP contribution in [0, 0.1) is 13.8 Å². The number of nitrogens with one attached hydrogen (secondary N) is 2. The summed E-state index contributed by atoms with van der Waals surface area (Å²) in [5.41, 5.74) is 2.77. The van der Waals surface area contributed by atoms with Crippen molar-refractivity contribution >= 4 is 20.0 Å². The van der Waals surface area contributed by atoms with E-state index in [0.717, 1.165) is 22.3 Å². The lowest BCUT2D eigenvalue weighted by molar-refractivity contribution is 0.289. The van der Waals surface area contributed by atoms with E-state index in [0.29, 0.717) is 0 Å². The molecule has 280 valence electrons. The number of sulfonamides is 2. The van der Waals surface area contributed by atoms with E-state index in [1.54, 1.807) is 24.3 Å². The maximum atomic E-state index is 12.3. The minimum atomic E-state index is -3.69. The lowest BCUT2D eigenvalue weighted by Crippen LogP contribution is -2.24. The Morgan fingerprint density at radius 1 is 0.519 bits per heavy atom. The summed E-state index contributed by atoms with van der Waals surface area (Å²) in [6, 6.07) is 34.4. The minimum Gasteiger partial charge on any atom is -0.482 e. The lowest BCUT2D eigenvalue weighted by Gasteiger charge is -2.08. The van der Waals surface area contributed by atoms with Gasteiger partial charge < -0.3 is 18.3 Å². The van der Waals surface area contributed by atoms with Crippen LogP contribution < -0.4 is 29.8 Å². The SMILES string of the molecule is Cc1cccc(S(=O)(=O)NCc2cc(=O)c(OCc3ccccc3)co2)c1.Cc1cccc(S(=O)(=O)NCc2cc(=O)c(OCc3ccccc3)co2)c1. The molecule has 0 fully saturated rings. The molecular formula is C40H38N2O10S2. The van der Waals surface area contributed by atoms with Crippen molar-refractivity contribution in [1.82, 2.24) is 9.44 Å². The molecule has 0 aliphatic rings. The van der Waals surface area contributed by atoms with Crippen LogP contribution in [0.4, 0.5) is 0 Å². The van der Waals surface area contributed by atoms with Crippen molar-refractivity contribution in [2.24, 2.45) is 0 Å². The Labute approximate surface area is 313 Å². The molecule has 6 rings (SSSR count). The largest absolute Gasteiger partial charge is 0.482 e. The van der Waals surface area contributed by atoms with Crippen molar-refractivity contribution in [2.45, 2.75) is 49.9 Å². The van der Waals surface area contributed by atoms with Gasteiger partial charge in [0.05, 0.1) is 22.9 Å². The number of hydrogen-bond donors (Lipinski definition) is 2. The Balaban J connectivity index is 0.000000208. The summed E-state index contributed by atoms with van der Waals surface area (Å²) in [5, 5.41) is 0. The Hall–Kier alpha value is -5.80. The first kappa shape index (κ1) is 39.4. The van der Waals surface area contributed by atoms with Gasteiger partial charge in [-0.25, -0.2) is 26.3 Å². The molecule has 0 spiro atoms. The highest BCUT2D eigenvalue weighted by atomic mass is 32.2. The zero-order chi connectivity index (χ0) is 38.6. The summed E-state index contributed by atoms with van der Waals surface area (Å²) in [7, 11) is -7.39. The molecule has 0 atom stereocenters. The van der Waals surface area contributed by atoms with Gasteiger partial charge in [0.1, 0.15) is 37.3 Å². The summed E-state index contributed by atoms with van der Waals surface area (Å²) in [6.45, 7) is 3.84. The molecule has 0 radical (unpaired) electrons. The van der Waals surface area contributed by atoms with Crippen LogP contribution in [-0.2, 0) is 46.3 Å². The zero-order valence-electron chi connectivity index (χ0n) is 29.4. The Kier molecular flexibility index (Phi) is 13.4. The molecular weight excluding hydrogens is 733 g/mol. The number of ether oxygens (including phenoxy) is 2. The van der Waals surface area contributed by atoms with Gasteiger partial charge in [0.25, 0.3) is 0 Å². The van der Waals surface area contributed by atoms with E-state index in [1.165, 1.54) is 36.8 Å². The second kappa shape index (κ2) is 18.3. The third-order valence-electron chi connectivity index (χ3n) is 7.65. The molecule has 0 aliphatic carbocycles. The Morgan fingerprint density at radius 2 is 0.907 bits per heavy atom. The van der Waals surface area contributed by atoms with Gasteiger partial charge in [-0.05, 0) is 60.4 Å². The molecule has 0 aliphatic heterocycles. The maximum absolute atomic E-state index is 12.3. The molecule has 54 heavy (non-hydrogen) atoms. The summed E-state index contributed by atoms with van der Waals surface area (Å²) in [5.74, 6) is 0.542. The highest BCUT2D eigenvalue weighted by molar-refractivity contribution is 7.89. The second-order valence-corrected chi connectivity index (χ2v) is 15.5. The summed E-state index contributed by atoms with van der Waals surface area (Å²) < 4.78 is 75.7. The van der Waals surface area contributed by atoms with Crippen LogP contribution >= 0.6 is 0 Å². The number of hydrogen-bond acceptors (Lipinski definition) is 10. The molecule has 0 saturated carbocycles. The number of rotatable bonds is 14. The van der Waals surface area contributed by atoms with Crippen LogP contribution in [0.15, 0.2) is 162 Å². The van der Waals surface area contributed by atoms with Crippen molar-refractivity contribution in [3.63, 3.8) is 0 Å². The van der Waals surface area contributed by atoms with Gasteiger partial charge >= 0.3 is 0 Å². The van der Waals surface area contributed by atoms with E-state index >= 15 is 0 Å². The van der Waals surface area contributed by atoms with Gasteiger partial charge in [0, 0.05) is 12.1 Å². The fraction of sp³-hybridized carbons (Fsp3) is 0.150. The summed E-state index contributed by atoms with van der Waals surface area (Å²) in [6.07, 6.45) is 2.39. The molecule has 0 bridgehead atoms. The van der Waals surface area contributed by atoms with Gasteiger partial charge in [-0.2, -0.15) is 0 Å². The van der Waals surface area contributed by atoms with Crippen LogP contribution in [0.25, 0.3) is 0 Å². The lowest BCUT2D eigenvalue weighted by atomic mass is 10.2. The topological polar surface area (TPSA) is 171 Å². The van der Waals surface area contributed by atoms with Gasteiger partial charge in [-0.1, -0.05) is 84.9 Å². The second-order valence-electron chi connectivity index (χ2n) is 12.0. The average Bonchev–Trinajstić information content (AvgIpc) is 3.17. The normalized spacial score (nSPS) is 11.3. The highest BCUT2D eigenvalue weighted by Gasteiger charge is 2.16. The smallest absolute Gasteiger partial charge is 0.240 e.